The van der Waals surface area contributed by atoms with E-state index in [9.17, 15) is 13.2 Å². The average Bonchev–Trinajstić information content (AvgIpc) is 3.37. The number of nitrogens with zero attached hydrogens (tertiary/aromatic N) is 3. The zero-order valence-corrected chi connectivity index (χ0v) is 30.1. The highest BCUT2D eigenvalue weighted by molar-refractivity contribution is 7.90. The van der Waals surface area contributed by atoms with Gasteiger partial charge in [-0.3, -0.25) is 4.79 Å². The number of amides is 1. The van der Waals surface area contributed by atoms with Crippen molar-refractivity contribution >= 4 is 33.2 Å². The summed E-state index contributed by atoms with van der Waals surface area (Å²) in [6.45, 7) is 11.7. The standard InChI is InChI=1S/C39H48N4O5S/c1-6-7-20-47-21-22-48-35-12-8-30(9-13-35)31-10-14-36-33(24-31)25-32(16-18-43(36)26-28(2)3)39(44)41-34-11-15-37(29(4)23-34)49(45,46)27-38-40-17-19-42(38)5/h8-15,17,19,23-25,28H,6-7,16,18,20-22,26-27H2,1-5H3,(H,41,44). The summed E-state index contributed by atoms with van der Waals surface area (Å²) in [5, 5.41) is 3.02. The van der Waals surface area contributed by atoms with Crippen LogP contribution in [0.2, 0.25) is 0 Å². The lowest BCUT2D eigenvalue weighted by molar-refractivity contribution is -0.112. The number of benzene rings is 3. The fourth-order valence-electron chi connectivity index (χ4n) is 5.96. The second kappa shape index (κ2) is 16.3. The zero-order valence-electron chi connectivity index (χ0n) is 29.2. The van der Waals surface area contributed by atoms with Gasteiger partial charge >= 0.3 is 0 Å². The van der Waals surface area contributed by atoms with Gasteiger partial charge in [0.25, 0.3) is 5.91 Å². The average molecular weight is 685 g/mol. The molecule has 0 fully saturated rings. The van der Waals surface area contributed by atoms with Gasteiger partial charge in [0.15, 0.2) is 9.84 Å². The van der Waals surface area contributed by atoms with Crippen LogP contribution in [0.25, 0.3) is 17.2 Å². The minimum Gasteiger partial charge on any atom is -0.491 e. The quantitative estimate of drug-likeness (QED) is 0.130. The highest BCUT2D eigenvalue weighted by Crippen LogP contribution is 2.34. The molecule has 0 bridgehead atoms. The number of carbonyl (C=O) groups excluding carboxylic acids is 1. The molecule has 0 saturated carbocycles. The Kier molecular flexibility index (Phi) is 12.0. The van der Waals surface area contributed by atoms with Gasteiger partial charge in [-0.2, -0.15) is 0 Å². The fraction of sp³-hybridized carbons (Fsp3) is 0.385. The molecule has 0 saturated heterocycles. The first-order valence-electron chi connectivity index (χ1n) is 17.1. The van der Waals surface area contributed by atoms with Gasteiger partial charge in [0.05, 0.1) is 11.5 Å². The molecule has 1 aromatic heterocycles. The summed E-state index contributed by atoms with van der Waals surface area (Å²) in [4.78, 5) is 20.4. The second-order valence-corrected chi connectivity index (χ2v) is 15.0. The van der Waals surface area contributed by atoms with Gasteiger partial charge in [-0.1, -0.05) is 45.4 Å². The third-order valence-corrected chi connectivity index (χ3v) is 10.3. The first-order valence-corrected chi connectivity index (χ1v) is 18.7. The third-order valence-electron chi connectivity index (χ3n) is 8.56. The van der Waals surface area contributed by atoms with E-state index in [0.717, 1.165) is 54.1 Å². The van der Waals surface area contributed by atoms with Crippen molar-refractivity contribution in [1.29, 1.82) is 0 Å². The van der Waals surface area contributed by atoms with Crippen LogP contribution in [0.15, 0.2) is 83.5 Å². The summed E-state index contributed by atoms with van der Waals surface area (Å²) in [6, 6.07) is 19.4. The molecule has 0 atom stereocenters. The van der Waals surface area contributed by atoms with Gasteiger partial charge in [0.1, 0.15) is 23.9 Å². The number of sulfone groups is 1. The largest absolute Gasteiger partial charge is 0.491 e. The van der Waals surface area contributed by atoms with Crippen molar-refractivity contribution in [3.8, 4) is 16.9 Å². The second-order valence-electron chi connectivity index (χ2n) is 13.0. The molecule has 1 aliphatic rings. The molecule has 0 spiro atoms. The SMILES string of the molecule is CCCCOCCOc1ccc(-c2ccc3c(c2)C=C(C(=O)Nc2ccc(S(=O)(=O)Cc4nccn4C)c(C)c2)CCN3CC(C)C)cc1. The molecular formula is C39H48N4O5S. The van der Waals surface area contributed by atoms with Crippen LogP contribution >= 0.6 is 0 Å². The van der Waals surface area contributed by atoms with Crippen molar-refractivity contribution in [2.75, 3.05) is 43.1 Å². The summed E-state index contributed by atoms with van der Waals surface area (Å²) < 4.78 is 39.5. The molecule has 3 aromatic carbocycles. The van der Waals surface area contributed by atoms with Gasteiger partial charge in [0.2, 0.25) is 0 Å². The highest BCUT2D eigenvalue weighted by Gasteiger charge is 2.23. The lowest BCUT2D eigenvalue weighted by Crippen LogP contribution is -2.29. The number of aryl methyl sites for hydroxylation is 2. The third kappa shape index (κ3) is 9.39. The summed E-state index contributed by atoms with van der Waals surface area (Å²) in [6.07, 6.45) is 8.04. The number of hydrogen-bond acceptors (Lipinski definition) is 7. The number of aromatic nitrogens is 2. The Balaban J connectivity index is 1.33. The van der Waals surface area contributed by atoms with E-state index in [0.29, 0.717) is 54.7 Å². The van der Waals surface area contributed by atoms with Crippen LogP contribution in [0.5, 0.6) is 5.75 Å². The number of imidazole rings is 1. The fourth-order valence-corrected chi connectivity index (χ4v) is 7.56. The molecule has 1 N–H and O–H groups in total. The van der Waals surface area contributed by atoms with Crippen molar-refractivity contribution in [1.82, 2.24) is 9.55 Å². The maximum absolute atomic E-state index is 13.7. The minimum absolute atomic E-state index is 0.198. The molecular weight excluding hydrogens is 637 g/mol. The molecule has 10 heteroatoms. The van der Waals surface area contributed by atoms with Crippen LogP contribution in [0.3, 0.4) is 0 Å². The van der Waals surface area contributed by atoms with Crippen molar-refractivity contribution in [2.24, 2.45) is 13.0 Å². The van der Waals surface area contributed by atoms with Crippen LogP contribution in [0, 0.1) is 12.8 Å². The molecule has 0 aliphatic carbocycles. The smallest absolute Gasteiger partial charge is 0.251 e. The van der Waals surface area contributed by atoms with Crippen LogP contribution in [-0.2, 0) is 32.2 Å². The van der Waals surface area contributed by atoms with E-state index >= 15 is 0 Å². The monoisotopic (exact) mass is 684 g/mol. The van der Waals surface area contributed by atoms with E-state index in [1.807, 2.05) is 18.2 Å². The number of nitrogens with one attached hydrogen (secondary N) is 1. The lowest BCUT2D eigenvalue weighted by atomic mass is 10.00. The summed E-state index contributed by atoms with van der Waals surface area (Å²) in [5.41, 5.74) is 5.97. The van der Waals surface area contributed by atoms with E-state index in [2.05, 4.69) is 66.3 Å². The Morgan fingerprint density at radius 3 is 2.47 bits per heavy atom. The highest BCUT2D eigenvalue weighted by atomic mass is 32.2. The Morgan fingerprint density at radius 2 is 1.78 bits per heavy atom. The summed E-state index contributed by atoms with van der Waals surface area (Å²) in [5.74, 6) is 1.32. The van der Waals surface area contributed by atoms with Crippen molar-refractivity contribution < 1.29 is 22.7 Å². The van der Waals surface area contributed by atoms with Gasteiger partial charge < -0.3 is 24.3 Å². The number of hydrogen-bond donors (Lipinski definition) is 1. The maximum Gasteiger partial charge on any atom is 0.251 e. The molecule has 1 amide bonds. The van der Waals surface area contributed by atoms with E-state index in [-0.39, 0.29) is 16.6 Å². The first-order chi connectivity index (χ1) is 23.5. The summed E-state index contributed by atoms with van der Waals surface area (Å²) in [7, 11) is -1.85. The molecule has 9 nitrogen and oxygen atoms in total. The Labute approximate surface area is 290 Å². The first kappa shape index (κ1) is 35.9. The molecule has 4 aromatic rings. The number of rotatable bonds is 15. The number of fused-ring (bicyclic) bond motifs is 1. The Morgan fingerprint density at radius 1 is 1.00 bits per heavy atom. The summed E-state index contributed by atoms with van der Waals surface area (Å²) >= 11 is 0. The van der Waals surface area contributed by atoms with Crippen LogP contribution in [0.4, 0.5) is 11.4 Å². The minimum atomic E-state index is -3.62. The number of unbranched alkanes of at least 4 members (excludes halogenated alkanes) is 1. The molecule has 49 heavy (non-hydrogen) atoms. The zero-order chi connectivity index (χ0) is 35.0. The molecule has 1 aliphatic heterocycles. The van der Waals surface area contributed by atoms with Crippen LogP contribution < -0.4 is 15.0 Å². The molecule has 260 valence electrons. The van der Waals surface area contributed by atoms with E-state index in [1.54, 1.807) is 49.1 Å². The van der Waals surface area contributed by atoms with Crippen molar-refractivity contribution in [2.45, 2.75) is 57.6 Å². The lowest BCUT2D eigenvalue weighted by Gasteiger charge is -2.27. The molecule has 5 rings (SSSR count). The Bertz CT molecular complexity index is 1880. The van der Waals surface area contributed by atoms with Crippen molar-refractivity contribution in [3.05, 3.63) is 95.6 Å². The predicted molar refractivity (Wildman–Crippen MR) is 197 cm³/mol. The van der Waals surface area contributed by atoms with E-state index in [1.165, 1.54) is 0 Å². The number of anilines is 2. The van der Waals surface area contributed by atoms with Gasteiger partial charge in [-0.05, 0) is 96.5 Å². The van der Waals surface area contributed by atoms with Gasteiger partial charge in [-0.25, -0.2) is 13.4 Å². The molecule has 0 radical (unpaired) electrons. The number of ether oxygens (including phenoxy) is 2. The molecule has 2 heterocycles. The Hall–Kier alpha value is -4.41. The number of carbonyl (C=O) groups is 1. The van der Waals surface area contributed by atoms with E-state index in [4.69, 9.17) is 9.47 Å². The molecule has 0 unspecified atom stereocenters. The van der Waals surface area contributed by atoms with Gasteiger partial charge in [0, 0.05) is 56.1 Å². The van der Waals surface area contributed by atoms with E-state index < -0.39 is 9.84 Å². The normalized spacial score (nSPS) is 13.2. The topological polar surface area (TPSA) is 103 Å². The van der Waals surface area contributed by atoms with Crippen LogP contribution in [0.1, 0.15) is 57.0 Å². The van der Waals surface area contributed by atoms with Gasteiger partial charge in [-0.15, -0.1) is 0 Å². The van der Waals surface area contributed by atoms with Crippen molar-refractivity contribution in [3.63, 3.8) is 0 Å². The predicted octanol–water partition coefficient (Wildman–Crippen LogP) is 7.45. The van der Waals surface area contributed by atoms with Crippen LogP contribution in [-0.4, -0.2) is 56.8 Å². The maximum atomic E-state index is 13.7.